The monoisotopic (exact) mass is 223 g/mol. The van der Waals surface area contributed by atoms with Crippen molar-refractivity contribution in [3.63, 3.8) is 0 Å². The molecule has 0 heterocycles. The fraction of sp³-hybridized carbons (Fsp3) is 0.0909. The van der Waals surface area contributed by atoms with E-state index in [-0.39, 0.29) is 18.3 Å². The molecular formula is C11H7F2NO2. The van der Waals surface area contributed by atoms with Crippen LogP contribution in [0, 0.1) is 23.5 Å². The number of nitrogens with two attached hydrogens (primary N) is 1. The molecule has 3 nitrogen and oxygen atoms in total. The predicted molar refractivity (Wildman–Crippen MR) is 52.4 cm³/mol. The highest BCUT2D eigenvalue weighted by Crippen LogP contribution is 2.12. The smallest absolute Gasteiger partial charge is 0.229 e. The van der Waals surface area contributed by atoms with Crippen LogP contribution in [0.4, 0.5) is 8.78 Å². The van der Waals surface area contributed by atoms with Gasteiger partial charge < -0.3 is 5.73 Å². The van der Waals surface area contributed by atoms with Crippen molar-refractivity contribution in [2.45, 2.75) is 6.42 Å². The zero-order chi connectivity index (χ0) is 12.1. The van der Waals surface area contributed by atoms with E-state index in [9.17, 15) is 18.4 Å². The molecule has 0 aliphatic heterocycles. The van der Waals surface area contributed by atoms with E-state index in [1.807, 2.05) is 0 Å². The second-order valence-corrected chi connectivity index (χ2v) is 2.92. The third-order valence-corrected chi connectivity index (χ3v) is 1.69. The summed E-state index contributed by atoms with van der Waals surface area (Å²) in [6, 6.07) is 1.83. The van der Waals surface area contributed by atoms with E-state index < -0.39 is 23.1 Å². The van der Waals surface area contributed by atoms with Crippen LogP contribution in [0.5, 0.6) is 0 Å². The minimum absolute atomic E-state index is 0.0434. The molecule has 0 fully saturated rings. The van der Waals surface area contributed by atoms with Crippen molar-refractivity contribution in [1.29, 1.82) is 0 Å². The highest BCUT2D eigenvalue weighted by molar-refractivity contribution is 5.77. The van der Waals surface area contributed by atoms with Gasteiger partial charge in [-0.1, -0.05) is 11.8 Å². The molecule has 0 spiro atoms. The molecule has 2 N–H and O–H groups in total. The third kappa shape index (κ3) is 2.89. The Morgan fingerprint density at radius 1 is 1.38 bits per heavy atom. The Hall–Kier alpha value is -2.22. The first-order valence-electron chi connectivity index (χ1n) is 4.26. The van der Waals surface area contributed by atoms with Crippen molar-refractivity contribution in [3.8, 4) is 11.8 Å². The van der Waals surface area contributed by atoms with E-state index in [4.69, 9.17) is 5.73 Å². The highest BCUT2D eigenvalue weighted by Gasteiger charge is 2.08. The number of halogens is 2. The number of hydrogen-bond donors (Lipinski definition) is 1. The number of carbonyl (C=O) groups is 2. The number of benzene rings is 1. The molecule has 0 unspecified atom stereocenters. The van der Waals surface area contributed by atoms with Gasteiger partial charge in [-0.25, -0.2) is 8.78 Å². The van der Waals surface area contributed by atoms with Gasteiger partial charge in [0.15, 0.2) is 6.29 Å². The fourth-order valence-electron chi connectivity index (χ4n) is 1.00. The second-order valence-electron chi connectivity index (χ2n) is 2.92. The Morgan fingerprint density at radius 2 is 1.94 bits per heavy atom. The Balaban J connectivity index is 3.03. The summed E-state index contributed by atoms with van der Waals surface area (Å²) in [5.74, 6) is 2.11. The second kappa shape index (κ2) is 5.03. The Labute approximate surface area is 90.2 Å². The summed E-state index contributed by atoms with van der Waals surface area (Å²) < 4.78 is 26.1. The standard InChI is InChI=1S/C11H7F2NO2/c12-9-4-7(2-1-3-11(14)16)5-10(13)8(9)6-15/h4-6H,3H2,(H2,14,16). The molecule has 1 aromatic carbocycles. The molecule has 0 bridgehead atoms. The van der Waals surface area contributed by atoms with E-state index in [2.05, 4.69) is 11.8 Å². The molecule has 0 aromatic heterocycles. The first-order chi connectivity index (χ1) is 7.54. The normalized spacial score (nSPS) is 9.12. The van der Waals surface area contributed by atoms with E-state index in [0.717, 1.165) is 12.1 Å². The molecule has 1 rings (SSSR count). The van der Waals surface area contributed by atoms with Crippen LogP contribution in [-0.2, 0) is 4.79 Å². The van der Waals surface area contributed by atoms with Crippen molar-refractivity contribution < 1.29 is 18.4 Å². The SMILES string of the molecule is NC(=O)CC#Cc1cc(F)c(C=O)c(F)c1. The first kappa shape index (κ1) is 11.9. The van der Waals surface area contributed by atoms with Crippen LogP contribution in [-0.4, -0.2) is 12.2 Å². The topological polar surface area (TPSA) is 60.2 Å². The van der Waals surface area contributed by atoms with Crippen LogP contribution in [0.1, 0.15) is 22.3 Å². The fourth-order valence-corrected chi connectivity index (χ4v) is 1.00. The van der Waals surface area contributed by atoms with Crippen LogP contribution >= 0.6 is 0 Å². The van der Waals surface area contributed by atoms with Gasteiger partial charge in [-0.05, 0) is 12.1 Å². The molecule has 16 heavy (non-hydrogen) atoms. The van der Waals surface area contributed by atoms with Gasteiger partial charge in [-0.15, -0.1) is 0 Å². The molecule has 1 amide bonds. The number of hydrogen-bond acceptors (Lipinski definition) is 2. The average molecular weight is 223 g/mol. The lowest BCUT2D eigenvalue weighted by Gasteiger charge is -1.97. The lowest BCUT2D eigenvalue weighted by atomic mass is 10.1. The molecule has 0 aliphatic carbocycles. The summed E-state index contributed by atoms with van der Waals surface area (Å²) in [5.41, 5.74) is 4.23. The number of amides is 1. The lowest BCUT2D eigenvalue weighted by Crippen LogP contribution is -2.08. The van der Waals surface area contributed by atoms with Crippen molar-refractivity contribution in [2.24, 2.45) is 5.73 Å². The van der Waals surface area contributed by atoms with E-state index in [1.165, 1.54) is 0 Å². The number of primary amides is 1. The van der Waals surface area contributed by atoms with Gasteiger partial charge in [-0.3, -0.25) is 9.59 Å². The molecule has 1 aromatic rings. The van der Waals surface area contributed by atoms with Gasteiger partial charge in [-0.2, -0.15) is 0 Å². The van der Waals surface area contributed by atoms with E-state index in [0.29, 0.717) is 0 Å². The Bertz CT molecular complexity index is 477. The molecule has 0 aliphatic rings. The van der Waals surface area contributed by atoms with Gasteiger partial charge in [0.05, 0.1) is 12.0 Å². The molecule has 0 atom stereocenters. The lowest BCUT2D eigenvalue weighted by molar-refractivity contribution is -0.117. The van der Waals surface area contributed by atoms with Gasteiger partial charge in [0.25, 0.3) is 0 Å². The van der Waals surface area contributed by atoms with Crippen molar-refractivity contribution >= 4 is 12.2 Å². The Morgan fingerprint density at radius 3 is 2.38 bits per heavy atom. The summed E-state index contributed by atoms with van der Waals surface area (Å²) in [7, 11) is 0. The van der Waals surface area contributed by atoms with Gasteiger partial charge in [0, 0.05) is 5.56 Å². The van der Waals surface area contributed by atoms with E-state index >= 15 is 0 Å². The summed E-state index contributed by atoms with van der Waals surface area (Å²) in [6.45, 7) is 0. The number of aldehydes is 1. The quantitative estimate of drug-likeness (QED) is 0.600. The summed E-state index contributed by atoms with van der Waals surface area (Å²) in [6.07, 6.45) is -0.107. The first-order valence-corrected chi connectivity index (χ1v) is 4.26. The maximum Gasteiger partial charge on any atom is 0.229 e. The minimum atomic E-state index is -0.988. The average Bonchev–Trinajstić information content (AvgIpc) is 2.16. The van der Waals surface area contributed by atoms with Crippen molar-refractivity contribution in [3.05, 3.63) is 34.9 Å². The molecule has 0 radical (unpaired) electrons. The van der Waals surface area contributed by atoms with Crippen molar-refractivity contribution in [2.75, 3.05) is 0 Å². The zero-order valence-corrected chi connectivity index (χ0v) is 8.09. The van der Waals surface area contributed by atoms with Crippen molar-refractivity contribution in [1.82, 2.24) is 0 Å². The molecule has 5 heteroatoms. The van der Waals surface area contributed by atoms with Crippen LogP contribution in [0.2, 0.25) is 0 Å². The Kier molecular flexibility index (Phi) is 3.72. The van der Waals surface area contributed by atoms with Gasteiger partial charge in [0.1, 0.15) is 11.6 Å². The summed E-state index contributed by atoms with van der Waals surface area (Å²) in [5, 5.41) is 0. The van der Waals surface area contributed by atoms with E-state index in [1.54, 1.807) is 0 Å². The summed E-state index contributed by atoms with van der Waals surface area (Å²) >= 11 is 0. The highest BCUT2D eigenvalue weighted by atomic mass is 19.1. The largest absolute Gasteiger partial charge is 0.369 e. The number of rotatable bonds is 2. The maximum atomic E-state index is 13.1. The molecule has 0 saturated carbocycles. The van der Waals surface area contributed by atoms with Gasteiger partial charge >= 0.3 is 0 Å². The zero-order valence-electron chi connectivity index (χ0n) is 8.09. The molecular weight excluding hydrogens is 216 g/mol. The third-order valence-electron chi connectivity index (χ3n) is 1.69. The maximum absolute atomic E-state index is 13.1. The molecule has 0 saturated heterocycles. The molecule has 82 valence electrons. The predicted octanol–water partition coefficient (Wildman–Crippen LogP) is 1.00. The summed E-state index contributed by atoms with van der Waals surface area (Å²) in [4.78, 5) is 20.6. The minimum Gasteiger partial charge on any atom is -0.369 e. The van der Waals surface area contributed by atoms with Crippen LogP contribution in [0.25, 0.3) is 0 Å². The van der Waals surface area contributed by atoms with Crippen LogP contribution < -0.4 is 5.73 Å². The van der Waals surface area contributed by atoms with Crippen LogP contribution in [0.15, 0.2) is 12.1 Å². The van der Waals surface area contributed by atoms with Gasteiger partial charge in [0.2, 0.25) is 5.91 Å². The van der Waals surface area contributed by atoms with Crippen LogP contribution in [0.3, 0.4) is 0 Å². The number of carbonyl (C=O) groups excluding carboxylic acids is 2.